The molecule has 0 saturated carbocycles. The highest BCUT2D eigenvalue weighted by atomic mass is 19.1. The monoisotopic (exact) mass is 346 g/mol. The lowest BCUT2D eigenvalue weighted by Gasteiger charge is -2.10. The lowest BCUT2D eigenvalue weighted by molar-refractivity contribution is 0.183. The predicted molar refractivity (Wildman–Crippen MR) is 97.5 cm³/mol. The van der Waals surface area contributed by atoms with Gasteiger partial charge in [-0.05, 0) is 30.7 Å². The van der Waals surface area contributed by atoms with E-state index in [2.05, 4.69) is 16.9 Å². The zero-order chi connectivity index (χ0) is 17.9. The molecule has 0 aliphatic rings. The van der Waals surface area contributed by atoms with Crippen molar-refractivity contribution >= 4 is 0 Å². The summed E-state index contributed by atoms with van der Waals surface area (Å²) >= 11 is 0. The Kier molecular flexibility index (Phi) is 8.16. The molecule has 5 heteroatoms. The molecule has 1 aromatic heterocycles. The first-order chi connectivity index (χ1) is 12.2. The molecule has 2 aromatic rings. The minimum Gasteiger partial charge on any atom is -0.508 e. The molecule has 1 heterocycles. The molecule has 4 nitrogen and oxygen atoms in total. The first-order valence-electron chi connectivity index (χ1n) is 9.07. The third kappa shape index (κ3) is 7.08. The first-order valence-corrected chi connectivity index (χ1v) is 9.07. The van der Waals surface area contributed by atoms with E-state index < -0.39 is 6.17 Å². The molecule has 0 saturated heterocycles. The number of alkyl halides is 1. The van der Waals surface area contributed by atoms with E-state index in [0.29, 0.717) is 18.0 Å². The summed E-state index contributed by atoms with van der Waals surface area (Å²) in [6, 6.07) is 6.64. The maximum atomic E-state index is 13.9. The zero-order valence-corrected chi connectivity index (χ0v) is 14.8. The maximum absolute atomic E-state index is 13.9. The topological polar surface area (TPSA) is 55.2 Å². The molecule has 0 fully saturated rings. The van der Waals surface area contributed by atoms with Crippen LogP contribution in [-0.2, 0) is 0 Å². The van der Waals surface area contributed by atoms with Crippen LogP contribution in [0.15, 0.2) is 36.7 Å². The van der Waals surface area contributed by atoms with Crippen molar-refractivity contribution in [1.29, 1.82) is 0 Å². The summed E-state index contributed by atoms with van der Waals surface area (Å²) in [5.74, 6) is 1.20. The Morgan fingerprint density at radius 1 is 1.00 bits per heavy atom. The fourth-order valence-electron chi connectivity index (χ4n) is 2.57. The molecule has 1 unspecified atom stereocenters. The Hall–Kier alpha value is -2.17. The van der Waals surface area contributed by atoms with Gasteiger partial charge in [0, 0.05) is 5.56 Å². The number of halogens is 1. The quantitative estimate of drug-likeness (QED) is 0.560. The van der Waals surface area contributed by atoms with Gasteiger partial charge in [-0.3, -0.25) is 0 Å². The van der Waals surface area contributed by atoms with Crippen molar-refractivity contribution in [2.75, 3.05) is 6.61 Å². The number of rotatable bonds is 11. The number of unbranched alkanes of at least 4 members (excludes halogenated alkanes) is 5. The number of nitrogens with zero attached hydrogens (tertiary/aromatic N) is 2. The Morgan fingerprint density at radius 3 is 2.32 bits per heavy atom. The van der Waals surface area contributed by atoms with Gasteiger partial charge in [0.05, 0.1) is 12.4 Å². The summed E-state index contributed by atoms with van der Waals surface area (Å²) in [5.41, 5.74) is 0.802. The number of aromatic hydroxyl groups is 1. The number of aromatic nitrogens is 2. The van der Waals surface area contributed by atoms with Crippen LogP contribution in [0.2, 0.25) is 0 Å². The van der Waals surface area contributed by atoms with Crippen LogP contribution in [0.3, 0.4) is 0 Å². The van der Waals surface area contributed by atoms with Gasteiger partial charge in [-0.15, -0.1) is 0 Å². The normalized spacial score (nSPS) is 12.1. The molecule has 2 rings (SSSR count). The van der Waals surface area contributed by atoms with Crippen LogP contribution in [0.5, 0.6) is 11.5 Å². The molecule has 0 amide bonds. The Morgan fingerprint density at radius 2 is 1.64 bits per heavy atom. The van der Waals surface area contributed by atoms with Crippen LogP contribution in [0.25, 0.3) is 11.4 Å². The molecule has 0 aliphatic carbocycles. The van der Waals surface area contributed by atoms with Crippen molar-refractivity contribution in [3.8, 4) is 22.9 Å². The molecule has 0 spiro atoms. The van der Waals surface area contributed by atoms with E-state index in [1.165, 1.54) is 25.7 Å². The highest BCUT2D eigenvalue weighted by Crippen LogP contribution is 2.19. The van der Waals surface area contributed by atoms with Gasteiger partial charge in [0.2, 0.25) is 0 Å². The van der Waals surface area contributed by atoms with E-state index in [-0.39, 0.29) is 12.4 Å². The minimum absolute atomic E-state index is 0.0386. The van der Waals surface area contributed by atoms with Gasteiger partial charge in [0.25, 0.3) is 0 Å². The number of phenolic OH excluding ortho intramolecular Hbond substituents is 1. The highest BCUT2D eigenvalue weighted by molar-refractivity contribution is 5.55. The van der Waals surface area contributed by atoms with Crippen LogP contribution >= 0.6 is 0 Å². The van der Waals surface area contributed by atoms with Crippen molar-refractivity contribution in [1.82, 2.24) is 9.97 Å². The fourth-order valence-corrected chi connectivity index (χ4v) is 2.57. The predicted octanol–water partition coefficient (Wildman–Crippen LogP) is 5.32. The lowest BCUT2D eigenvalue weighted by atomic mass is 10.1. The third-order valence-corrected chi connectivity index (χ3v) is 4.06. The van der Waals surface area contributed by atoms with Crippen molar-refractivity contribution in [3.63, 3.8) is 0 Å². The molecule has 0 aliphatic heterocycles. The molecule has 136 valence electrons. The second kappa shape index (κ2) is 10.6. The number of ether oxygens (including phenoxy) is 1. The second-order valence-electron chi connectivity index (χ2n) is 6.25. The van der Waals surface area contributed by atoms with Crippen LogP contribution in [0.4, 0.5) is 4.39 Å². The van der Waals surface area contributed by atoms with E-state index in [9.17, 15) is 9.50 Å². The smallest absolute Gasteiger partial charge is 0.159 e. The number of hydrogen-bond donors (Lipinski definition) is 1. The van der Waals surface area contributed by atoms with E-state index in [0.717, 1.165) is 18.4 Å². The van der Waals surface area contributed by atoms with Gasteiger partial charge >= 0.3 is 0 Å². The zero-order valence-electron chi connectivity index (χ0n) is 14.8. The Bertz CT molecular complexity index is 602. The summed E-state index contributed by atoms with van der Waals surface area (Å²) in [5, 5.41) is 9.29. The standard InChI is InChI=1S/C20H27FN2O2/c1-2-3-4-5-6-7-8-17(21)15-25-19-13-22-20(23-14-19)16-9-11-18(24)12-10-16/h9-14,17,24H,2-8,15H2,1H3. The second-order valence-corrected chi connectivity index (χ2v) is 6.25. The molecular weight excluding hydrogens is 319 g/mol. The average Bonchev–Trinajstić information content (AvgIpc) is 2.64. The van der Waals surface area contributed by atoms with Crippen LogP contribution < -0.4 is 4.74 Å². The van der Waals surface area contributed by atoms with Gasteiger partial charge in [0.1, 0.15) is 18.5 Å². The number of hydrogen-bond acceptors (Lipinski definition) is 4. The fraction of sp³-hybridized carbons (Fsp3) is 0.500. The van der Waals surface area contributed by atoms with E-state index in [4.69, 9.17) is 4.74 Å². The molecule has 25 heavy (non-hydrogen) atoms. The molecule has 1 atom stereocenters. The minimum atomic E-state index is -0.956. The van der Waals surface area contributed by atoms with E-state index >= 15 is 0 Å². The van der Waals surface area contributed by atoms with Gasteiger partial charge in [-0.25, -0.2) is 14.4 Å². The Labute approximate surface area is 149 Å². The van der Waals surface area contributed by atoms with Gasteiger partial charge in [0.15, 0.2) is 11.6 Å². The summed E-state index contributed by atoms with van der Waals surface area (Å²) in [6.45, 7) is 2.23. The first kappa shape index (κ1) is 19.2. The van der Waals surface area contributed by atoms with Crippen molar-refractivity contribution < 1.29 is 14.2 Å². The number of phenols is 1. The van der Waals surface area contributed by atoms with E-state index in [1.807, 2.05) is 0 Å². The molecule has 1 N–H and O–H groups in total. The van der Waals surface area contributed by atoms with Gasteiger partial charge in [-0.1, -0.05) is 45.4 Å². The van der Waals surface area contributed by atoms with Gasteiger partial charge < -0.3 is 9.84 Å². The Balaban J connectivity index is 1.69. The highest BCUT2D eigenvalue weighted by Gasteiger charge is 2.08. The lowest BCUT2D eigenvalue weighted by Crippen LogP contribution is -2.13. The molecule has 0 bridgehead atoms. The number of benzene rings is 1. The van der Waals surface area contributed by atoms with Crippen LogP contribution in [0, 0.1) is 0 Å². The maximum Gasteiger partial charge on any atom is 0.159 e. The van der Waals surface area contributed by atoms with Crippen LogP contribution in [0.1, 0.15) is 51.9 Å². The molecular formula is C20H27FN2O2. The van der Waals surface area contributed by atoms with Crippen molar-refractivity contribution in [3.05, 3.63) is 36.7 Å². The summed E-state index contributed by atoms with van der Waals surface area (Å²) in [4.78, 5) is 8.44. The largest absolute Gasteiger partial charge is 0.508 e. The molecule has 0 radical (unpaired) electrons. The average molecular weight is 346 g/mol. The summed E-state index contributed by atoms with van der Waals surface area (Å²) < 4.78 is 19.3. The SMILES string of the molecule is CCCCCCCCC(F)COc1cnc(-c2ccc(O)cc2)nc1. The van der Waals surface area contributed by atoms with Crippen LogP contribution in [-0.4, -0.2) is 27.9 Å². The molecule has 1 aromatic carbocycles. The summed E-state index contributed by atoms with van der Waals surface area (Å²) in [6.07, 6.45) is 9.61. The summed E-state index contributed by atoms with van der Waals surface area (Å²) in [7, 11) is 0. The van der Waals surface area contributed by atoms with E-state index in [1.54, 1.807) is 36.7 Å². The van der Waals surface area contributed by atoms with Crippen molar-refractivity contribution in [2.45, 2.75) is 58.0 Å². The third-order valence-electron chi connectivity index (χ3n) is 4.06. The van der Waals surface area contributed by atoms with Crippen molar-refractivity contribution in [2.24, 2.45) is 0 Å². The van der Waals surface area contributed by atoms with Gasteiger partial charge in [-0.2, -0.15) is 0 Å².